The number of para-hydroxylation sites is 1. The van der Waals surface area contributed by atoms with E-state index in [1.807, 2.05) is 60.4 Å². The summed E-state index contributed by atoms with van der Waals surface area (Å²) < 4.78 is 11.4. The van der Waals surface area contributed by atoms with Crippen molar-refractivity contribution in [1.29, 1.82) is 0 Å². The monoisotopic (exact) mass is 408 g/mol. The van der Waals surface area contributed by atoms with Crippen LogP contribution in [0.3, 0.4) is 0 Å². The molecule has 0 bridgehead atoms. The Morgan fingerprint density at radius 2 is 1.97 bits per heavy atom. The number of aromatic nitrogens is 1. The highest BCUT2D eigenvalue weighted by molar-refractivity contribution is 7.11. The molecule has 0 atom stereocenters. The third-order valence-corrected chi connectivity index (χ3v) is 5.75. The Labute approximate surface area is 174 Å². The molecule has 3 aromatic rings. The summed E-state index contributed by atoms with van der Waals surface area (Å²) in [5.41, 5.74) is 2.82. The number of nitrogens with zero attached hydrogens (tertiary/aromatic N) is 2. The van der Waals surface area contributed by atoms with Gasteiger partial charge in [-0.25, -0.2) is 4.98 Å². The van der Waals surface area contributed by atoms with Crippen molar-refractivity contribution in [2.24, 2.45) is 0 Å². The lowest BCUT2D eigenvalue weighted by Crippen LogP contribution is -2.39. The van der Waals surface area contributed by atoms with Crippen molar-refractivity contribution < 1.29 is 14.3 Å². The smallest absolute Gasteiger partial charge is 0.265 e. The fourth-order valence-electron chi connectivity index (χ4n) is 3.47. The Morgan fingerprint density at radius 1 is 1.14 bits per heavy atom. The number of hydrogen-bond acceptors (Lipinski definition) is 5. The molecular weight excluding hydrogens is 384 g/mol. The molecule has 2 aromatic carbocycles. The van der Waals surface area contributed by atoms with Crippen LogP contribution in [0.5, 0.6) is 11.5 Å². The minimum Gasteiger partial charge on any atom is -0.494 e. The van der Waals surface area contributed by atoms with Gasteiger partial charge in [-0.3, -0.25) is 4.79 Å². The lowest BCUT2D eigenvalue weighted by atomic mass is 10.1. The molecule has 0 spiro atoms. The Kier molecular flexibility index (Phi) is 5.81. The summed E-state index contributed by atoms with van der Waals surface area (Å²) in [6.07, 6.45) is 1.73. The number of unbranched alkanes of at least 4 members (excludes halogenated alkanes) is 1. The van der Waals surface area contributed by atoms with Crippen LogP contribution in [-0.4, -0.2) is 30.6 Å². The van der Waals surface area contributed by atoms with Gasteiger partial charge in [0, 0.05) is 17.0 Å². The minimum absolute atomic E-state index is 0.00944. The van der Waals surface area contributed by atoms with Crippen LogP contribution in [0.4, 0.5) is 5.69 Å². The van der Waals surface area contributed by atoms with E-state index in [0.717, 1.165) is 46.3 Å². The van der Waals surface area contributed by atoms with Crippen molar-refractivity contribution in [2.75, 3.05) is 24.7 Å². The van der Waals surface area contributed by atoms with Gasteiger partial charge in [-0.2, -0.15) is 0 Å². The molecule has 0 unspecified atom stereocenters. The molecule has 1 aliphatic heterocycles. The number of ether oxygens (including phenoxy) is 2. The second-order valence-electron chi connectivity index (χ2n) is 7.02. The summed E-state index contributed by atoms with van der Waals surface area (Å²) in [5, 5.41) is 1.04. The molecule has 6 heteroatoms. The summed E-state index contributed by atoms with van der Waals surface area (Å²) in [6, 6.07) is 15.8. The molecule has 0 saturated heterocycles. The van der Waals surface area contributed by atoms with Crippen LogP contribution in [0.1, 0.15) is 22.7 Å². The van der Waals surface area contributed by atoms with Crippen LogP contribution >= 0.6 is 11.3 Å². The molecule has 5 nitrogen and oxygen atoms in total. The summed E-state index contributed by atoms with van der Waals surface area (Å²) in [7, 11) is 0. The SMILES string of the molecule is Cc1nc(-c2ccc3c(c2)N(CCCCOc2ccccc2)C(=O)CO3)c(C)s1. The lowest BCUT2D eigenvalue weighted by Gasteiger charge is -2.29. The van der Waals surface area contributed by atoms with Crippen LogP contribution in [0, 0.1) is 13.8 Å². The number of fused-ring (bicyclic) bond motifs is 1. The molecule has 2 heterocycles. The first-order valence-electron chi connectivity index (χ1n) is 9.81. The van der Waals surface area contributed by atoms with Gasteiger partial charge in [0.2, 0.25) is 0 Å². The van der Waals surface area contributed by atoms with Gasteiger partial charge in [-0.05, 0) is 57.0 Å². The van der Waals surface area contributed by atoms with E-state index < -0.39 is 0 Å². The highest BCUT2D eigenvalue weighted by Gasteiger charge is 2.26. The first kappa shape index (κ1) is 19.5. The zero-order valence-electron chi connectivity index (χ0n) is 16.7. The van der Waals surface area contributed by atoms with Crippen LogP contribution in [0.25, 0.3) is 11.3 Å². The number of amides is 1. The number of carbonyl (C=O) groups excluding carboxylic acids is 1. The first-order valence-corrected chi connectivity index (χ1v) is 10.6. The lowest BCUT2D eigenvalue weighted by molar-refractivity contribution is -0.121. The van der Waals surface area contributed by atoms with Gasteiger partial charge in [-0.15, -0.1) is 11.3 Å². The third kappa shape index (κ3) is 4.43. The highest BCUT2D eigenvalue weighted by Crippen LogP contribution is 2.37. The summed E-state index contributed by atoms with van der Waals surface area (Å²) in [6.45, 7) is 5.45. The molecule has 4 rings (SSSR count). The van der Waals surface area contributed by atoms with Crippen LogP contribution in [0.2, 0.25) is 0 Å². The Balaban J connectivity index is 1.43. The Bertz CT molecular complexity index is 1000. The predicted octanol–water partition coefficient (Wildman–Crippen LogP) is 5.01. The second kappa shape index (κ2) is 8.66. The number of benzene rings is 2. The maximum atomic E-state index is 12.5. The molecule has 29 heavy (non-hydrogen) atoms. The number of hydrogen-bond donors (Lipinski definition) is 0. The summed E-state index contributed by atoms with van der Waals surface area (Å²) in [4.78, 5) is 20.2. The molecule has 0 saturated carbocycles. The molecule has 0 radical (unpaired) electrons. The topological polar surface area (TPSA) is 51.7 Å². The van der Waals surface area contributed by atoms with Crippen molar-refractivity contribution >= 4 is 22.9 Å². The van der Waals surface area contributed by atoms with Gasteiger partial charge in [0.1, 0.15) is 11.5 Å². The molecule has 150 valence electrons. The third-order valence-electron chi connectivity index (χ3n) is 4.87. The average Bonchev–Trinajstić information content (AvgIpc) is 3.07. The van der Waals surface area contributed by atoms with Gasteiger partial charge in [-0.1, -0.05) is 18.2 Å². The van der Waals surface area contributed by atoms with E-state index in [0.29, 0.717) is 13.2 Å². The van der Waals surface area contributed by atoms with Crippen molar-refractivity contribution in [2.45, 2.75) is 26.7 Å². The normalized spacial score (nSPS) is 13.2. The quantitative estimate of drug-likeness (QED) is 0.516. The van der Waals surface area contributed by atoms with E-state index in [2.05, 4.69) is 11.9 Å². The van der Waals surface area contributed by atoms with E-state index in [1.165, 1.54) is 4.88 Å². The van der Waals surface area contributed by atoms with Crippen molar-refractivity contribution in [3.8, 4) is 22.8 Å². The number of aryl methyl sites for hydroxylation is 2. The van der Waals surface area contributed by atoms with Crippen molar-refractivity contribution in [3.05, 3.63) is 58.4 Å². The van der Waals surface area contributed by atoms with Gasteiger partial charge in [0.15, 0.2) is 6.61 Å². The number of thiazole rings is 1. The standard InChI is InChI=1S/C23H24N2O3S/c1-16-23(24-17(2)29-16)18-10-11-21-20(14-18)25(22(26)15-28-21)12-6-7-13-27-19-8-4-3-5-9-19/h3-5,8-11,14H,6-7,12-13,15H2,1-2H3. The predicted molar refractivity (Wildman–Crippen MR) is 116 cm³/mol. The fourth-order valence-corrected chi connectivity index (χ4v) is 4.31. The highest BCUT2D eigenvalue weighted by atomic mass is 32.1. The zero-order chi connectivity index (χ0) is 20.2. The fraction of sp³-hybridized carbons (Fsp3) is 0.304. The van der Waals surface area contributed by atoms with Gasteiger partial charge < -0.3 is 14.4 Å². The minimum atomic E-state index is -0.00944. The first-order chi connectivity index (χ1) is 14.1. The molecule has 1 aliphatic rings. The molecule has 1 amide bonds. The second-order valence-corrected chi connectivity index (χ2v) is 8.43. The van der Waals surface area contributed by atoms with Crippen molar-refractivity contribution in [3.63, 3.8) is 0 Å². The number of rotatable bonds is 7. The van der Waals surface area contributed by atoms with Crippen LogP contribution in [-0.2, 0) is 4.79 Å². The van der Waals surface area contributed by atoms with E-state index >= 15 is 0 Å². The summed E-state index contributed by atoms with van der Waals surface area (Å²) in [5.74, 6) is 1.61. The van der Waals surface area contributed by atoms with Gasteiger partial charge >= 0.3 is 0 Å². The van der Waals surface area contributed by atoms with Gasteiger partial charge in [0.25, 0.3) is 5.91 Å². The number of anilines is 1. The molecular formula is C23H24N2O3S. The van der Waals surface area contributed by atoms with Crippen molar-refractivity contribution in [1.82, 2.24) is 4.98 Å². The molecule has 0 fully saturated rings. The largest absolute Gasteiger partial charge is 0.494 e. The maximum Gasteiger partial charge on any atom is 0.265 e. The Morgan fingerprint density at radius 3 is 2.72 bits per heavy atom. The summed E-state index contributed by atoms with van der Waals surface area (Å²) >= 11 is 1.68. The molecule has 1 aromatic heterocycles. The maximum absolute atomic E-state index is 12.5. The van der Waals surface area contributed by atoms with Crippen LogP contribution < -0.4 is 14.4 Å². The number of carbonyl (C=O) groups is 1. The molecule has 0 aliphatic carbocycles. The van der Waals surface area contributed by atoms with Gasteiger partial charge in [0.05, 0.1) is 23.0 Å². The van der Waals surface area contributed by atoms with Crippen LogP contribution in [0.15, 0.2) is 48.5 Å². The van der Waals surface area contributed by atoms with E-state index in [-0.39, 0.29) is 12.5 Å². The van der Waals surface area contributed by atoms with E-state index in [4.69, 9.17) is 9.47 Å². The zero-order valence-corrected chi connectivity index (χ0v) is 17.5. The van der Waals surface area contributed by atoms with E-state index in [1.54, 1.807) is 11.3 Å². The average molecular weight is 409 g/mol. The van der Waals surface area contributed by atoms with E-state index in [9.17, 15) is 4.79 Å². The molecule has 0 N–H and O–H groups in total. The Hall–Kier alpha value is -2.86.